The topological polar surface area (TPSA) is 63.1 Å². The van der Waals surface area contributed by atoms with E-state index in [1.807, 2.05) is 42.8 Å². The lowest BCUT2D eigenvalue weighted by molar-refractivity contribution is 0.102. The lowest BCUT2D eigenvalue weighted by Gasteiger charge is -2.25. The van der Waals surface area contributed by atoms with Crippen molar-refractivity contribution in [3.8, 4) is 5.13 Å². The van der Waals surface area contributed by atoms with Crippen molar-refractivity contribution in [2.24, 2.45) is 0 Å². The predicted octanol–water partition coefficient (Wildman–Crippen LogP) is 4.19. The molecule has 1 N–H and O–H groups in total. The molecule has 140 valence electrons. The summed E-state index contributed by atoms with van der Waals surface area (Å²) in [4.78, 5) is 15.1. The number of anilines is 2. The van der Waals surface area contributed by atoms with E-state index < -0.39 is 0 Å². The number of nitrogens with zero attached hydrogens (tertiary/aromatic N) is 4. The Morgan fingerprint density at radius 1 is 1.04 bits per heavy atom. The van der Waals surface area contributed by atoms with E-state index in [2.05, 4.69) is 26.5 Å². The summed E-state index contributed by atoms with van der Waals surface area (Å²) >= 11 is 1.53. The normalized spacial score (nSPS) is 14.4. The van der Waals surface area contributed by atoms with Gasteiger partial charge in [0.2, 0.25) is 10.3 Å². The molecule has 0 bridgehead atoms. The van der Waals surface area contributed by atoms with Gasteiger partial charge in [-0.25, -0.2) is 0 Å². The highest BCUT2D eigenvalue weighted by molar-refractivity contribution is 7.17. The van der Waals surface area contributed by atoms with Crippen LogP contribution in [0.3, 0.4) is 0 Å². The summed E-state index contributed by atoms with van der Waals surface area (Å²) < 4.78 is 1.81. The minimum atomic E-state index is -0.153. The number of aryl methyl sites for hydroxylation is 2. The summed E-state index contributed by atoms with van der Waals surface area (Å²) in [6.07, 6.45) is 5.53. The Labute approximate surface area is 162 Å². The quantitative estimate of drug-likeness (QED) is 0.736. The van der Waals surface area contributed by atoms with Crippen LogP contribution in [0.2, 0.25) is 0 Å². The Hall–Kier alpha value is -2.67. The molecule has 1 aromatic carbocycles. The van der Waals surface area contributed by atoms with Gasteiger partial charge in [0.05, 0.1) is 0 Å². The SMILES string of the molecule is Cc1cc(C)cc(NC(=O)c2cccn2-c2nnc(N3CCCCC3)s2)c1. The van der Waals surface area contributed by atoms with Gasteiger partial charge in [-0.2, -0.15) is 0 Å². The molecule has 2 aromatic heterocycles. The highest BCUT2D eigenvalue weighted by Crippen LogP contribution is 2.27. The largest absolute Gasteiger partial charge is 0.347 e. The first-order valence-corrected chi connectivity index (χ1v) is 10.1. The van der Waals surface area contributed by atoms with Gasteiger partial charge in [0, 0.05) is 25.0 Å². The number of carbonyl (C=O) groups excluding carboxylic acids is 1. The number of aromatic nitrogens is 3. The smallest absolute Gasteiger partial charge is 0.272 e. The van der Waals surface area contributed by atoms with Crippen LogP contribution < -0.4 is 10.2 Å². The molecule has 4 rings (SSSR count). The van der Waals surface area contributed by atoms with E-state index in [1.54, 1.807) is 6.07 Å². The summed E-state index contributed by atoms with van der Waals surface area (Å²) in [6, 6.07) is 9.69. The van der Waals surface area contributed by atoms with E-state index in [0.717, 1.165) is 35.0 Å². The van der Waals surface area contributed by atoms with Gasteiger partial charge < -0.3 is 10.2 Å². The Bertz CT molecular complexity index is 935. The third-order valence-electron chi connectivity index (χ3n) is 4.70. The molecular formula is C20H23N5OS. The van der Waals surface area contributed by atoms with Crippen LogP contribution in [0.5, 0.6) is 0 Å². The maximum atomic E-state index is 12.8. The van der Waals surface area contributed by atoms with E-state index in [0.29, 0.717) is 10.8 Å². The predicted molar refractivity (Wildman–Crippen MR) is 109 cm³/mol. The van der Waals surface area contributed by atoms with Gasteiger partial charge in [-0.15, -0.1) is 10.2 Å². The van der Waals surface area contributed by atoms with Gasteiger partial charge in [0.25, 0.3) is 5.91 Å². The van der Waals surface area contributed by atoms with E-state index in [1.165, 1.54) is 30.6 Å². The van der Waals surface area contributed by atoms with Gasteiger partial charge in [0.15, 0.2) is 0 Å². The highest BCUT2D eigenvalue weighted by Gasteiger charge is 2.19. The van der Waals surface area contributed by atoms with Crippen molar-refractivity contribution in [1.29, 1.82) is 0 Å². The summed E-state index contributed by atoms with van der Waals surface area (Å²) in [6.45, 7) is 6.10. The number of carbonyl (C=O) groups is 1. The van der Waals surface area contributed by atoms with Gasteiger partial charge >= 0.3 is 0 Å². The number of hydrogen-bond donors (Lipinski definition) is 1. The van der Waals surface area contributed by atoms with Crippen LogP contribution in [-0.2, 0) is 0 Å². The van der Waals surface area contributed by atoms with Crippen molar-refractivity contribution >= 4 is 28.1 Å². The molecule has 3 heterocycles. The third-order valence-corrected chi connectivity index (χ3v) is 5.68. The minimum Gasteiger partial charge on any atom is -0.347 e. The molecule has 1 amide bonds. The van der Waals surface area contributed by atoms with Crippen LogP contribution in [-0.4, -0.2) is 33.8 Å². The zero-order chi connectivity index (χ0) is 18.8. The summed E-state index contributed by atoms with van der Waals surface area (Å²) in [5, 5.41) is 13.3. The molecule has 0 radical (unpaired) electrons. The van der Waals surface area contributed by atoms with E-state index >= 15 is 0 Å². The number of nitrogens with one attached hydrogen (secondary N) is 1. The maximum absolute atomic E-state index is 12.8. The average Bonchev–Trinajstić information content (AvgIpc) is 3.31. The molecule has 0 atom stereocenters. The molecule has 6 nitrogen and oxygen atoms in total. The van der Waals surface area contributed by atoms with Crippen LogP contribution >= 0.6 is 11.3 Å². The second-order valence-electron chi connectivity index (χ2n) is 7.01. The van der Waals surface area contributed by atoms with Gasteiger partial charge in [-0.3, -0.25) is 9.36 Å². The Morgan fingerprint density at radius 3 is 2.48 bits per heavy atom. The fourth-order valence-corrected chi connectivity index (χ4v) is 4.39. The fraction of sp³-hybridized carbons (Fsp3) is 0.350. The van der Waals surface area contributed by atoms with E-state index in [9.17, 15) is 4.79 Å². The zero-order valence-electron chi connectivity index (χ0n) is 15.6. The summed E-state index contributed by atoms with van der Waals surface area (Å²) in [5.41, 5.74) is 3.60. The maximum Gasteiger partial charge on any atom is 0.272 e. The lowest BCUT2D eigenvalue weighted by atomic mass is 10.1. The standard InChI is InChI=1S/C20H23N5OS/c1-14-11-15(2)13-16(12-14)21-18(26)17-7-6-10-25(17)20-23-22-19(27-20)24-8-4-3-5-9-24/h6-7,10-13H,3-5,8-9H2,1-2H3,(H,21,26). The summed E-state index contributed by atoms with van der Waals surface area (Å²) in [5.74, 6) is -0.153. The molecular weight excluding hydrogens is 358 g/mol. The van der Waals surface area contributed by atoms with E-state index in [-0.39, 0.29) is 5.91 Å². The van der Waals surface area contributed by atoms with Crippen LogP contribution in [0.1, 0.15) is 40.9 Å². The first-order chi connectivity index (χ1) is 13.1. The Kier molecular flexibility index (Phi) is 4.94. The molecule has 27 heavy (non-hydrogen) atoms. The van der Waals surface area contributed by atoms with Crippen LogP contribution in [0.15, 0.2) is 36.5 Å². The van der Waals surface area contributed by atoms with Crippen molar-refractivity contribution in [3.63, 3.8) is 0 Å². The Morgan fingerprint density at radius 2 is 1.74 bits per heavy atom. The molecule has 0 saturated carbocycles. The molecule has 0 aliphatic carbocycles. The molecule has 1 fully saturated rings. The van der Waals surface area contributed by atoms with Gasteiger partial charge in [-0.1, -0.05) is 17.4 Å². The van der Waals surface area contributed by atoms with Crippen LogP contribution in [0.25, 0.3) is 5.13 Å². The molecule has 3 aromatic rings. The fourth-order valence-electron chi connectivity index (χ4n) is 3.49. The van der Waals surface area contributed by atoms with Crippen molar-refractivity contribution < 1.29 is 4.79 Å². The van der Waals surface area contributed by atoms with Gasteiger partial charge in [0.1, 0.15) is 5.69 Å². The second kappa shape index (κ2) is 7.52. The number of rotatable bonds is 4. The number of benzene rings is 1. The second-order valence-corrected chi connectivity index (χ2v) is 7.94. The number of piperidine rings is 1. The molecule has 0 unspecified atom stereocenters. The van der Waals surface area contributed by atoms with E-state index in [4.69, 9.17) is 0 Å². The molecule has 7 heteroatoms. The molecule has 0 spiro atoms. The average molecular weight is 382 g/mol. The lowest BCUT2D eigenvalue weighted by Crippen LogP contribution is -2.29. The van der Waals surface area contributed by atoms with Crippen LogP contribution in [0, 0.1) is 13.8 Å². The monoisotopic (exact) mass is 381 g/mol. The minimum absolute atomic E-state index is 0.153. The Balaban J connectivity index is 1.55. The van der Waals surface area contributed by atoms with Crippen molar-refractivity contribution in [2.45, 2.75) is 33.1 Å². The van der Waals surface area contributed by atoms with Gasteiger partial charge in [-0.05, 0) is 68.5 Å². The number of amides is 1. The zero-order valence-corrected chi connectivity index (χ0v) is 16.4. The first-order valence-electron chi connectivity index (χ1n) is 9.26. The van der Waals surface area contributed by atoms with Crippen molar-refractivity contribution in [3.05, 3.63) is 53.3 Å². The van der Waals surface area contributed by atoms with Crippen molar-refractivity contribution in [1.82, 2.24) is 14.8 Å². The molecule has 1 aliphatic heterocycles. The molecule has 1 aliphatic rings. The van der Waals surface area contributed by atoms with Crippen molar-refractivity contribution in [2.75, 3.05) is 23.3 Å². The summed E-state index contributed by atoms with van der Waals surface area (Å²) in [7, 11) is 0. The third kappa shape index (κ3) is 3.88. The van der Waals surface area contributed by atoms with Crippen LogP contribution in [0.4, 0.5) is 10.8 Å². The highest BCUT2D eigenvalue weighted by atomic mass is 32.1. The molecule has 1 saturated heterocycles. The first kappa shape index (κ1) is 17.7. The number of hydrogen-bond acceptors (Lipinski definition) is 5.